The Morgan fingerprint density at radius 2 is 1.96 bits per heavy atom. The molecule has 5 heteroatoms. The Kier molecular flexibility index (Phi) is 8.05. The molecule has 1 unspecified atom stereocenters. The molecule has 24 heavy (non-hydrogen) atoms. The van der Waals surface area contributed by atoms with E-state index in [0.717, 1.165) is 31.2 Å². The zero-order valence-corrected chi connectivity index (χ0v) is 14.5. The van der Waals surface area contributed by atoms with E-state index in [1.807, 2.05) is 30.3 Å². The molecule has 1 aromatic rings. The van der Waals surface area contributed by atoms with Crippen LogP contribution in [-0.4, -0.2) is 36.9 Å². The molecular formula is C19H30N2O3. The number of carbonyl (C=O) groups excluding carboxylic acids is 1. The number of hydrogen-bond donors (Lipinski definition) is 3. The summed E-state index contributed by atoms with van der Waals surface area (Å²) in [6.45, 7) is 4.16. The fraction of sp³-hybridized carbons (Fsp3) is 0.632. The smallest absolute Gasteiger partial charge is 0.315 e. The van der Waals surface area contributed by atoms with Gasteiger partial charge in [-0.2, -0.15) is 0 Å². The highest BCUT2D eigenvalue weighted by molar-refractivity contribution is 5.74. The first kappa shape index (κ1) is 18.7. The number of nitrogens with one attached hydrogen (secondary N) is 2. The predicted octanol–water partition coefficient (Wildman–Crippen LogP) is 2.69. The summed E-state index contributed by atoms with van der Waals surface area (Å²) in [7, 11) is 0. The minimum Gasteiger partial charge on any atom is -0.396 e. The van der Waals surface area contributed by atoms with Crippen LogP contribution in [0.5, 0.6) is 0 Å². The Hall–Kier alpha value is -1.59. The second-order valence-corrected chi connectivity index (χ2v) is 6.86. The highest BCUT2D eigenvalue weighted by atomic mass is 16.5. The molecule has 1 atom stereocenters. The van der Waals surface area contributed by atoms with Gasteiger partial charge in [-0.05, 0) is 43.1 Å². The second-order valence-electron chi connectivity index (χ2n) is 6.86. The molecule has 0 aromatic heterocycles. The van der Waals surface area contributed by atoms with Gasteiger partial charge >= 0.3 is 6.03 Å². The Balaban J connectivity index is 1.54. The van der Waals surface area contributed by atoms with Gasteiger partial charge in [-0.1, -0.05) is 37.3 Å². The van der Waals surface area contributed by atoms with Crippen molar-refractivity contribution in [2.24, 2.45) is 11.8 Å². The van der Waals surface area contributed by atoms with Crippen LogP contribution in [0, 0.1) is 11.8 Å². The fourth-order valence-electron chi connectivity index (χ4n) is 3.00. The zero-order chi connectivity index (χ0) is 17.2. The van der Waals surface area contributed by atoms with Gasteiger partial charge in [-0.25, -0.2) is 4.79 Å². The molecule has 1 aromatic carbocycles. The van der Waals surface area contributed by atoms with E-state index in [-0.39, 0.29) is 24.6 Å². The normalized spacial score (nSPS) is 21.9. The van der Waals surface area contributed by atoms with Crippen molar-refractivity contribution in [1.29, 1.82) is 0 Å². The minimum absolute atomic E-state index is 0.0997. The molecule has 2 rings (SSSR count). The van der Waals surface area contributed by atoms with Crippen molar-refractivity contribution >= 4 is 6.03 Å². The third kappa shape index (κ3) is 6.89. The average molecular weight is 334 g/mol. The summed E-state index contributed by atoms with van der Waals surface area (Å²) in [5.41, 5.74) is 1.16. The van der Waals surface area contributed by atoms with E-state index in [2.05, 4.69) is 17.6 Å². The van der Waals surface area contributed by atoms with Crippen LogP contribution >= 0.6 is 0 Å². The Morgan fingerprint density at radius 3 is 2.62 bits per heavy atom. The Bertz CT molecular complexity index is 473. The highest BCUT2D eigenvalue weighted by Crippen LogP contribution is 2.23. The molecule has 1 aliphatic carbocycles. The van der Waals surface area contributed by atoms with Gasteiger partial charge in [0.2, 0.25) is 0 Å². The molecule has 0 spiro atoms. The second kappa shape index (κ2) is 10.3. The number of hydrogen-bond acceptors (Lipinski definition) is 3. The van der Waals surface area contributed by atoms with Gasteiger partial charge in [0, 0.05) is 19.2 Å². The molecule has 134 valence electrons. The van der Waals surface area contributed by atoms with Gasteiger partial charge in [0.25, 0.3) is 0 Å². The number of aliphatic hydroxyl groups excluding tert-OH is 1. The Labute approximate surface area is 144 Å². The third-order valence-electron chi connectivity index (χ3n) is 4.57. The van der Waals surface area contributed by atoms with Crippen LogP contribution in [0.25, 0.3) is 0 Å². The van der Waals surface area contributed by atoms with Crippen LogP contribution in [0.1, 0.15) is 38.2 Å². The first-order valence-corrected chi connectivity index (χ1v) is 8.94. The quantitative estimate of drug-likeness (QED) is 0.684. The number of carbonyl (C=O) groups is 1. The van der Waals surface area contributed by atoms with Crippen molar-refractivity contribution in [2.75, 3.05) is 19.8 Å². The highest BCUT2D eigenvalue weighted by Gasteiger charge is 2.21. The van der Waals surface area contributed by atoms with Crippen molar-refractivity contribution in [1.82, 2.24) is 10.6 Å². The lowest BCUT2D eigenvalue weighted by atomic mass is 9.87. The van der Waals surface area contributed by atoms with Gasteiger partial charge in [0.15, 0.2) is 0 Å². The number of aliphatic hydroxyl groups is 1. The van der Waals surface area contributed by atoms with Crippen molar-refractivity contribution in [3.63, 3.8) is 0 Å². The summed E-state index contributed by atoms with van der Waals surface area (Å²) in [5.74, 6) is 0.678. The van der Waals surface area contributed by atoms with Crippen LogP contribution in [-0.2, 0) is 11.3 Å². The monoisotopic (exact) mass is 334 g/mol. The number of benzene rings is 1. The fourth-order valence-corrected chi connectivity index (χ4v) is 3.00. The lowest BCUT2D eigenvalue weighted by Gasteiger charge is -2.28. The third-order valence-corrected chi connectivity index (χ3v) is 4.57. The van der Waals surface area contributed by atoms with Gasteiger partial charge in [-0.15, -0.1) is 0 Å². The Morgan fingerprint density at radius 1 is 1.25 bits per heavy atom. The van der Waals surface area contributed by atoms with Crippen molar-refractivity contribution in [3.05, 3.63) is 35.9 Å². The van der Waals surface area contributed by atoms with E-state index >= 15 is 0 Å². The summed E-state index contributed by atoms with van der Waals surface area (Å²) in [6, 6.07) is 10.2. The van der Waals surface area contributed by atoms with E-state index < -0.39 is 0 Å². The summed E-state index contributed by atoms with van der Waals surface area (Å²) in [6.07, 6.45) is 3.89. The van der Waals surface area contributed by atoms with Crippen molar-refractivity contribution in [3.8, 4) is 0 Å². The van der Waals surface area contributed by atoms with Crippen LogP contribution in [0.15, 0.2) is 30.3 Å². The molecule has 0 bridgehead atoms. The topological polar surface area (TPSA) is 70.6 Å². The number of urea groups is 1. The molecule has 0 radical (unpaired) electrons. The number of amides is 2. The SMILES string of the molecule is CC(CNC(=O)NC1CCC(CO)CC1)COCc1ccccc1. The lowest BCUT2D eigenvalue weighted by Crippen LogP contribution is -2.45. The summed E-state index contributed by atoms with van der Waals surface area (Å²) >= 11 is 0. The maximum absolute atomic E-state index is 11.9. The van der Waals surface area contributed by atoms with E-state index in [1.54, 1.807) is 0 Å². The maximum Gasteiger partial charge on any atom is 0.315 e. The molecule has 0 heterocycles. The van der Waals surface area contributed by atoms with Crippen molar-refractivity contribution < 1.29 is 14.6 Å². The molecule has 1 aliphatic rings. The first-order valence-electron chi connectivity index (χ1n) is 8.94. The van der Waals surface area contributed by atoms with E-state index in [4.69, 9.17) is 9.84 Å². The summed E-state index contributed by atoms with van der Waals surface area (Å²) in [5, 5.41) is 15.1. The van der Waals surface area contributed by atoms with Crippen LogP contribution in [0.2, 0.25) is 0 Å². The summed E-state index contributed by atoms with van der Waals surface area (Å²) in [4.78, 5) is 11.9. The standard InChI is InChI=1S/C19H30N2O3/c1-15(13-24-14-17-5-3-2-4-6-17)11-20-19(23)21-18-9-7-16(12-22)8-10-18/h2-6,15-16,18,22H,7-14H2,1H3,(H2,20,21,23). The summed E-state index contributed by atoms with van der Waals surface area (Å²) < 4.78 is 5.69. The molecule has 0 aliphatic heterocycles. The molecular weight excluding hydrogens is 304 g/mol. The lowest BCUT2D eigenvalue weighted by molar-refractivity contribution is 0.0923. The first-order chi connectivity index (χ1) is 11.7. The van der Waals surface area contributed by atoms with Gasteiger partial charge < -0.3 is 20.5 Å². The minimum atomic E-state index is -0.0997. The van der Waals surface area contributed by atoms with Crippen LogP contribution < -0.4 is 10.6 Å². The molecule has 1 saturated carbocycles. The van der Waals surface area contributed by atoms with Crippen LogP contribution in [0.3, 0.4) is 0 Å². The van der Waals surface area contributed by atoms with E-state index in [9.17, 15) is 4.79 Å². The molecule has 5 nitrogen and oxygen atoms in total. The van der Waals surface area contributed by atoms with Gasteiger partial charge in [0.1, 0.15) is 0 Å². The van der Waals surface area contributed by atoms with E-state index in [1.165, 1.54) is 0 Å². The van der Waals surface area contributed by atoms with E-state index in [0.29, 0.717) is 25.7 Å². The van der Waals surface area contributed by atoms with Gasteiger partial charge in [-0.3, -0.25) is 0 Å². The maximum atomic E-state index is 11.9. The van der Waals surface area contributed by atoms with Gasteiger partial charge in [0.05, 0.1) is 13.2 Å². The van der Waals surface area contributed by atoms with Crippen molar-refractivity contribution in [2.45, 2.75) is 45.3 Å². The number of ether oxygens (including phenoxy) is 1. The molecule has 3 N–H and O–H groups in total. The predicted molar refractivity (Wildman–Crippen MR) is 94.6 cm³/mol. The largest absolute Gasteiger partial charge is 0.396 e. The molecule has 0 saturated heterocycles. The molecule has 2 amide bonds. The number of rotatable bonds is 8. The zero-order valence-electron chi connectivity index (χ0n) is 14.5. The molecule has 1 fully saturated rings. The average Bonchev–Trinajstić information content (AvgIpc) is 2.61. The van der Waals surface area contributed by atoms with Crippen LogP contribution in [0.4, 0.5) is 4.79 Å².